The highest BCUT2D eigenvalue weighted by atomic mass is 32.2. The van der Waals surface area contributed by atoms with E-state index in [0.717, 1.165) is 11.9 Å². The molecule has 0 fully saturated rings. The summed E-state index contributed by atoms with van der Waals surface area (Å²) < 4.78 is 21.4. The summed E-state index contributed by atoms with van der Waals surface area (Å²) >= 11 is 1.38. The summed E-state index contributed by atoms with van der Waals surface area (Å²) in [4.78, 5) is 8.75. The van der Waals surface area contributed by atoms with Gasteiger partial charge in [-0.3, -0.25) is 0 Å². The van der Waals surface area contributed by atoms with Gasteiger partial charge in [-0.25, -0.2) is 13.4 Å². The third-order valence-electron chi connectivity index (χ3n) is 1.21. The molecule has 0 saturated carbocycles. The Labute approximate surface area is 92.4 Å². The molecular weight excluding hydrogens is 236 g/mol. The molecule has 5 nitrogen and oxygen atoms in total. The van der Waals surface area contributed by atoms with Crippen molar-refractivity contribution in [3.63, 3.8) is 0 Å². The average molecular weight is 246 g/mol. The van der Waals surface area contributed by atoms with Crippen LogP contribution >= 0.6 is 11.3 Å². The van der Waals surface area contributed by atoms with E-state index in [1.807, 2.05) is 12.3 Å². The minimum atomic E-state index is -3.06. The fourth-order valence-electron chi connectivity index (χ4n) is 0.667. The van der Waals surface area contributed by atoms with Crippen LogP contribution in [0.2, 0.25) is 0 Å². The summed E-state index contributed by atoms with van der Waals surface area (Å²) in [5.74, 6) is 2.14. The van der Waals surface area contributed by atoms with Crippen molar-refractivity contribution in [1.29, 1.82) is 0 Å². The second kappa shape index (κ2) is 5.00. The number of nitrogens with zero attached hydrogens (tertiary/aromatic N) is 1. The fraction of sp³-hybridized carbons (Fsp3) is 0.375. The summed E-state index contributed by atoms with van der Waals surface area (Å²) in [6.45, 7) is 1.86. The molecule has 0 aliphatic rings. The Bertz CT molecular complexity index is 481. The van der Waals surface area contributed by atoms with Crippen LogP contribution in [0.5, 0.6) is 0 Å². The highest BCUT2D eigenvalue weighted by molar-refractivity contribution is 7.90. The molecule has 0 aliphatic carbocycles. The molecule has 0 saturated heterocycles. The molecule has 0 aromatic carbocycles. The topological polar surface area (TPSA) is 68.3 Å². The maximum atomic E-state index is 10.7. The summed E-state index contributed by atoms with van der Waals surface area (Å²) in [6.07, 6.45) is 3.34. The maximum Gasteiger partial charge on any atom is 0.217 e. The first-order valence-electron chi connectivity index (χ1n) is 3.97. The normalized spacial score (nSPS) is 10.3. The van der Waals surface area contributed by atoms with Crippen molar-refractivity contribution in [1.82, 2.24) is 4.98 Å². The number of hydrogen-bond acceptors (Lipinski definition) is 6. The SMILES string of the molecule is Cc1csc(NOC#CCS(C)(=O)=O)n1. The van der Waals surface area contributed by atoms with Gasteiger partial charge in [0, 0.05) is 11.6 Å². The Morgan fingerprint density at radius 2 is 2.40 bits per heavy atom. The molecule has 82 valence electrons. The summed E-state index contributed by atoms with van der Waals surface area (Å²) in [5, 5.41) is 2.44. The van der Waals surface area contributed by atoms with Crippen LogP contribution in [0.1, 0.15) is 5.69 Å². The Hall–Kier alpha value is -1.26. The van der Waals surface area contributed by atoms with Crippen LogP contribution in [-0.4, -0.2) is 25.4 Å². The fourth-order valence-corrected chi connectivity index (χ4v) is 1.61. The highest BCUT2D eigenvalue weighted by Crippen LogP contribution is 2.13. The van der Waals surface area contributed by atoms with Crippen molar-refractivity contribution < 1.29 is 13.3 Å². The Morgan fingerprint density at radius 1 is 1.67 bits per heavy atom. The molecule has 0 atom stereocenters. The van der Waals surface area contributed by atoms with Gasteiger partial charge in [0.1, 0.15) is 11.9 Å². The molecule has 0 radical (unpaired) electrons. The quantitative estimate of drug-likeness (QED) is 0.631. The number of nitrogens with one attached hydrogen (secondary N) is 1. The lowest BCUT2D eigenvalue weighted by atomic mass is 10.6. The van der Waals surface area contributed by atoms with E-state index in [1.54, 1.807) is 0 Å². The van der Waals surface area contributed by atoms with Gasteiger partial charge < -0.3 is 4.84 Å². The average Bonchev–Trinajstić information content (AvgIpc) is 2.49. The van der Waals surface area contributed by atoms with Gasteiger partial charge in [0.2, 0.25) is 5.13 Å². The summed E-state index contributed by atoms with van der Waals surface area (Å²) in [6, 6.07) is 0. The number of aromatic nitrogens is 1. The van der Waals surface area contributed by atoms with Crippen LogP contribution in [0.4, 0.5) is 5.13 Å². The Balaban J connectivity index is 2.33. The van der Waals surface area contributed by atoms with Gasteiger partial charge in [-0.15, -0.1) is 11.3 Å². The number of sulfone groups is 1. The van der Waals surface area contributed by atoms with Crippen molar-refractivity contribution in [2.45, 2.75) is 6.92 Å². The van der Waals surface area contributed by atoms with E-state index in [2.05, 4.69) is 22.5 Å². The molecule has 7 heteroatoms. The van der Waals surface area contributed by atoms with Gasteiger partial charge in [0.25, 0.3) is 0 Å². The van der Waals surface area contributed by atoms with E-state index in [0.29, 0.717) is 5.13 Å². The largest absolute Gasteiger partial charge is 0.327 e. The molecule has 0 spiro atoms. The molecule has 0 bridgehead atoms. The molecule has 15 heavy (non-hydrogen) atoms. The minimum Gasteiger partial charge on any atom is -0.327 e. The van der Waals surface area contributed by atoms with Crippen LogP contribution in [-0.2, 0) is 14.7 Å². The lowest BCUT2D eigenvalue weighted by Crippen LogP contribution is -2.01. The van der Waals surface area contributed by atoms with Gasteiger partial charge in [-0.2, -0.15) is 5.48 Å². The number of hydrogen-bond donors (Lipinski definition) is 1. The van der Waals surface area contributed by atoms with Gasteiger partial charge in [-0.05, 0) is 12.8 Å². The monoisotopic (exact) mass is 246 g/mol. The lowest BCUT2D eigenvalue weighted by Gasteiger charge is -1.94. The maximum absolute atomic E-state index is 10.7. The number of aryl methyl sites for hydroxylation is 1. The van der Waals surface area contributed by atoms with E-state index >= 15 is 0 Å². The number of anilines is 1. The van der Waals surface area contributed by atoms with Crippen LogP contribution in [0.15, 0.2) is 5.38 Å². The Morgan fingerprint density at radius 3 is 2.93 bits per heavy atom. The smallest absolute Gasteiger partial charge is 0.217 e. The molecule has 1 aromatic rings. The van der Waals surface area contributed by atoms with Crippen molar-refractivity contribution in [2.24, 2.45) is 0 Å². The molecule has 1 aromatic heterocycles. The first-order chi connectivity index (χ1) is 6.97. The second-order valence-electron chi connectivity index (χ2n) is 2.85. The third-order valence-corrected chi connectivity index (χ3v) is 2.74. The van der Waals surface area contributed by atoms with E-state index in [4.69, 9.17) is 4.84 Å². The molecule has 0 unspecified atom stereocenters. The van der Waals surface area contributed by atoms with Gasteiger partial charge in [0.05, 0.1) is 5.69 Å². The van der Waals surface area contributed by atoms with Crippen LogP contribution < -0.4 is 5.48 Å². The van der Waals surface area contributed by atoms with Gasteiger partial charge in [-0.1, -0.05) is 0 Å². The summed E-state index contributed by atoms with van der Waals surface area (Å²) in [5.41, 5.74) is 3.38. The van der Waals surface area contributed by atoms with Crippen LogP contribution in [0.3, 0.4) is 0 Å². The predicted octanol–water partition coefficient (Wildman–Crippen LogP) is 0.801. The zero-order valence-electron chi connectivity index (χ0n) is 8.27. The first kappa shape index (κ1) is 11.8. The zero-order chi connectivity index (χ0) is 11.3. The molecular formula is C8H10N2O3S2. The molecule has 1 heterocycles. The number of rotatable bonds is 3. The second-order valence-corrected chi connectivity index (χ2v) is 5.85. The van der Waals surface area contributed by atoms with E-state index in [9.17, 15) is 8.42 Å². The Kier molecular flexibility index (Phi) is 3.94. The number of thiazole rings is 1. The van der Waals surface area contributed by atoms with Crippen LogP contribution in [0.25, 0.3) is 0 Å². The zero-order valence-corrected chi connectivity index (χ0v) is 9.91. The van der Waals surface area contributed by atoms with Crippen molar-refractivity contribution in [3.05, 3.63) is 11.1 Å². The first-order valence-corrected chi connectivity index (χ1v) is 6.91. The van der Waals surface area contributed by atoms with E-state index in [1.165, 1.54) is 11.3 Å². The van der Waals surface area contributed by atoms with Gasteiger partial charge in [0.15, 0.2) is 9.84 Å². The van der Waals surface area contributed by atoms with Crippen LogP contribution in [0, 0.1) is 19.0 Å². The van der Waals surface area contributed by atoms with E-state index < -0.39 is 9.84 Å². The lowest BCUT2D eigenvalue weighted by molar-refractivity contribution is 0.362. The van der Waals surface area contributed by atoms with Gasteiger partial charge >= 0.3 is 0 Å². The molecule has 1 rings (SSSR count). The standard InChI is InChI=1S/C8H10N2O3S2/c1-7-6-14-8(9-7)10-13-4-3-5-15(2,11)12/h6H,5H2,1-2H3,(H,9,10). The van der Waals surface area contributed by atoms with Crippen molar-refractivity contribution in [2.75, 3.05) is 17.5 Å². The minimum absolute atomic E-state index is 0.217. The highest BCUT2D eigenvalue weighted by Gasteiger charge is 1.97. The van der Waals surface area contributed by atoms with Crippen molar-refractivity contribution >= 4 is 26.3 Å². The third kappa shape index (κ3) is 5.24. The van der Waals surface area contributed by atoms with E-state index in [-0.39, 0.29) is 5.75 Å². The molecule has 1 N–H and O–H groups in total. The molecule has 0 amide bonds. The van der Waals surface area contributed by atoms with Crippen molar-refractivity contribution in [3.8, 4) is 12.0 Å². The molecule has 0 aliphatic heterocycles. The summed E-state index contributed by atoms with van der Waals surface area (Å²) in [7, 11) is -3.06. The predicted molar refractivity (Wildman–Crippen MR) is 59.0 cm³/mol.